The van der Waals surface area contributed by atoms with Gasteiger partial charge in [-0.25, -0.2) is 0 Å². The Morgan fingerprint density at radius 1 is 1.33 bits per heavy atom. The SMILES string of the molecule is C#Cc1cccc(NC(C)c2ccc(CC)s2)c1. The number of benzene rings is 1. The molecule has 0 radical (unpaired) electrons. The van der Waals surface area contributed by atoms with Gasteiger partial charge in [-0.2, -0.15) is 0 Å². The van der Waals surface area contributed by atoms with Crippen LogP contribution < -0.4 is 5.32 Å². The average molecular weight is 255 g/mol. The quantitative estimate of drug-likeness (QED) is 0.795. The van der Waals surface area contributed by atoms with Crippen molar-refractivity contribution < 1.29 is 0 Å². The molecule has 1 nitrogen and oxygen atoms in total. The minimum Gasteiger partial charge on any atom is -0.378 e. The van der Waals surface area contributed by atoms with Crippen LogP contribution in [0.1, 0.15) is 35.2 Å². The minimum absolute atomic E-state index is 0.309. The third-order valence-corrected chi connectivity index (χ3v) is 4.28. The van der Waals surface area contributed by atoms with Gasteiger partial charge in [-0.1, -0.05) is 18.9 Å². The molecule has 1 heterocycles. The maximum absolute atomic E-state index is 5.41. The van der Waals surface area contributed by atoms with Crippen molar-refractivity contribution in [3.05, 3.63) is 51.7 Å². The molecular formula is C16H17NS. The van der Waals surface area contributed by atoms with Crippen molar-refractivity contribution in [3.8, 4) is 12.3 Å². The zero-order chi connectivity index (χ0) is 13.0. The van der Waals surface area contributed by atoms with Gasteiger partial charge < -0.3 is 5.32 Å². The van der Waals surface area contributed by atoms with E-state index in [0.717, 1.165) is 17.7 Å². The molecule has 0 amide bonds. The van der Waals surface area contributed by atoms with Crippen molar-refractivity contribution in [2.24, 2.45) is 0 Å². The number of thiophene rings is 1. The first-order chi connectivity index (χ1) is 8.72. The van der Waals surface area contributed by atoms with Crippen LogP contribution in [0, 0.1) is 12.3 Å². The molecule has 0 saturated heterocycles. The van der Waals surface area contributed by atoms with E-state index >= 15 is 0 Å². The number of terminal acetylenes is 1. The molecule has 0 aliphatic carbocycles. The van der Waals surface area contributed by atoms with E-state index in [1.807, 2.05) is 35.6 Å². The van der Waals surface area contributed by atoms with Crippen LogP contribution in [0.25, 0.3) is 0 Å². The lowest BCUT2D eigenvalue weighted by Gasteiger charge is -2.13. The maximum atomic E-state index is 5.41. The Kier molecular flexibility index (Phi) is 4.07. The molecule has 0 fully saturated rings. The van der Waals surface area contributed by atoms with E-state index in [1.54, 1.807) is 0 Å². The summed E-state index contributed by atoms with van der Waals surface area (Å²) in [5.74, 6) is 2.66. The Bertz CT molecular complexity index is 562. The van der Waals surface area contributed by atoms with Crippen LogP contribution in [0.3, 0.4) is 0 Å². The number of hydrogen-bond donors (Lipinski definition) is 1. The fourth-order valence-electron chi connectivity index (χ4n) is 1.84. The average Bonchev–Trinajstić information content (AvgIpc) is 2.88. The van der Waals surface area contributed by atoms with Crippen LogP contribution in [0.2, 0.25) is 0 Å². The van der Waals surface area contributed by atoms with E-state index in [4.69, 9.17) is 6.42 Å². The Hall–Kier alpha value is -1.72. The number of nitrogens with one attached hydrogen (secondary N) is 1. The smallest absolute Gasteiger partial charge is 0.0578 e. The van der Waals surface area contributed by atoms with E-state index < -0.39 is 0 Å². The summed E-state index contributed by atoms with van der Waals surface area (Å²) >= 11 is 1.87. The lowest BCUT2D eigenvalue weighted by molar-refractivity contribution is 0.908. The predicted molar refractivity (Wildman–Crippen MR) is 80.1 cm³/mol. The molecule has 2 heteroatoms. The molecule has 18 heavy (non-hydrogen) atoms. The predicted octanol–water partition coefficient (Wildman–Crippen LogP) is 4.46. The fraction of sp³-hybridized carbons (Fsp3) is 0.250. The van der Waals surface area contributed by atoms with Gasteiger partial charge >= 0.3 is 0 Å². The van der Waals surface area contributed by atoms with Crippen molar-refractivity contribution in [1.82, 2.24) is 0 Å². The first-order valence-electron chi connectivity index (χ1n) is 6.14. The Labute approximate surface area is 113 Å². The summed E-state index contributed by atoms with van der Waals surface area (Å²) in [5, 5.41) is 3.49. The zero-order valence-corrected chi connectivity index (χ0v) is 11.6. The first kappa shape index (κ1) is 12.7. The summed E-state index contributed by atoms with van der Waals surface area (Å²) in [7, 11) is 0. The second-order valence-electron chi connectivity index (χ2n) is 4.25. The molecule has 0 saturated carbocycles. The van der Waals surface area contributed by atoms with Gasteiger partial charge in [0, 0.05) is 21.0 Å². The molecular weight excluding hydrogens is 238 g/mol. The molecule has 0 aliphatic heterocycles. The molecule has 1 aromatic carbocycles. The molecule has 1 aromatic heterocycles. The van der Waals surface area contributed by atoms with E-state index in [-0.39, 0.29) is 0 Å². The molecule has 0 bridgehead atoms. The van der Waals surface area contributed by atoms with E-state index in [2.05, 4.69) is 37.2 Å². The lowest BCUT2D eigenvalue weighted by atomic mass is 10.2. The molecule has 1 unspecified atom stereocenters. The molecule has 2 rings (SSSR count). The van der Waals surface area contributed by atoms with Crippen LogP contribution in [0.15, 0.2) is 36.4 Å². The van der Waals surface area contributed by atoms with Crippen molar-refractivity contribution in [2.75, 3.05) is 5.32 Å². The lowest BCUT2D eigenvalue weighted by Crippen LogP contribution is -2.04. The summed E-state index contributed by atoms with van der Waals surface area (Å²) in [6.45, 7) is 4.36. The summed E-state index contributed by atoms with van der Waals surface area (Å²) in [5.41, 5.74) is 1.98. The number of hydrogen-bond acceptors (Lipinski definition) is 2. The molecule has 2 aromatic rings. The van der Waals surface area contributed by atoms with Gasteiger partial charge in [0.25, 0.3) is 0 Å². The zero-order valence-electron chi connectivity index (χ0n) is 10.7. The standard InChI is InChI=1S/C16H17NS/c1-4-13-7-6-8-14(11-13)17-12(3)16-10-9-15(5-2)18-16/h1,6-12,17H,5H2,2-3H3. The summed E-state index contributed by atoms with van der Waals surface area (Å²) in [6.07, 6.45) is 6.51. The van der Waals surface area contributed by atoms with Gasteiger partial charge in [0.05, 0.1) is 6.04 Å². The van der Waals surface area contributed by atoms with Crippen molar-refractivity contribution in [1.29, 1.82) is 0 Å². The maximum Gasteiger partial charge on any atom is 0.0578 e. The summed E-state index contributed by atoms with van der Waals surface area (Å²) in [6, 6.07) is 12.7. The van der Waals surface area contributed by atoms with Gasteiger partial charge in [0.15, 0.2) is 0 Å². The van der Waals surface area contributed by atoms with E-state index in [0.29, 0.717) is 6.04 Å². The largest absolute Gasteiger partial charge is 0.378 e. The molecule has 92 valence electrons. The highest BCUT2D eigenvalue weighted by atomic mass is 32.1. The molecule has 1 N–H and O–H groups in total. The van der Waals surface area contributed by atoms with E-state index in [9.17, 15) is 0 Å². The highest BCUT2D eigenvalue weighted by molar-refractivity contribution is 7.12. The van der Waals surface area contributed by atoms with Crippen LogP contribution in [-0.4, -0.2) is 0 Å². The van der Waals surface area contributed by atoms with Gasteiger partial charge in [-0.05, 0) is 43.7 Å². The van der Waals surface area contributed by atoms with Gasteiger partial charge in [-0.3, -0.25) is 0 Å². The Morgan fingerprint density at radius 3 is 2.83 bits per heavy atom. The van der Waals surface area contributed by atoms with Crippen LogP contribution in [-0.2, 0) is 6.42 Å². The van der Waals surface area contributed by atoms with Crippen LogP contribution in [0.5, 0.6) is 0 Å². The minimum atomic E-state index is 0.309. The Morgan fingerprint density at radius 2 is 2.17 bits per heavy atom. The summed E-state index contributed by atoms with van der Waals surface area (Å²) in [4.78, 5) is 2.79. The van der Waals surface area contributed by atoms with Crippen molar-refractivity contribution in [2.45, 2.75) is 26.3 Å². The van der Waals surface area contributed by atoms with Gasteiger partial charge in [0.1, 0.15) is 0 Å². The third kappa shape index (κ3) is 2.94. The first-order valence-corrected chi connectivity index (χ1v) is 6.96. The van der Waals surface area contributed by atoms with Crippen molar-refractivity contribution in [3.63, 3.8) is 0 Å². The molecule has 0 aliphatic rings. The third-order valence-electron chi connectivity index (χ3n) is 2.87. The van der Waals surface area contributed by atoms with Crippen molar-refractivity contribution >= 4 is 17.0 Å². The number of aryl methyl sites for hydroxylation is 1. The fourth-order valence-corrected chi connectivity index (χ4v) is 2.79. The Balaban J connectivity index is 2.11. The topological polar surface area (TPSA) is 12.0 Å². The monoisotopic (exact) mass is 255 g/mol. The second kappa shape index (κ2) is 5.75. The summed E-state index contributed by atoms with van der Waals surface area (Å²) < 4.78 is 0. The number of anilines is 1. The second-order valence-corrected chi connectivity index (χ2v) is 5.45. The van der Waals surface area contributed by atoms with Crippen LogP contribution >= 0.6 is 11.3 Å². The highest BCUT2D eigenvalue weighted by Gasteiger charge is 2.08. The highest BCUT2D eigenvalue weighted by Crippen LogP contribution is 2.26. The number of rotatable bonds is 4. The normalized spacial score (nSPS) is 11.8. The van der Waals surface area contributed by atoms with Crippen LogP contribution in [0.4, 0.5) is 5.69 Å². The van der Waals surface area contributed by atoms with E-state index in [1.165, 1.54) is 9.75 Å². The molecule has 0 spiro atoms. The van der Waals surface area contributed by atoms with Gasteiger partial charge in [0.2, 0.25) is 0 Å². The van der Waals surface area contributed by atoms with Gasteiger partial charge in [-0.15, -0.1) is 17.8 Å². The molecule has 1 atom stereocenters.